The van der Waals surface area contributed by atoms with Crippen molar-refractivity contribution < 1.29 is 0 Å². The topological polar surface area (TPSA) is 15.3 Å². The molecule has 2 nitrogen and oxygen atoms in total. The van der Waals surface area contributed by atoms with E-state index in [1.807, 2.05) is 11.7 Å². The summed E-state index contributed by atoms with van der Waals surface area (Å²) >= 11 is 0. The van der Waals surface area contributed by atoms with Crippen LogP contribution in [0.25, 0.3) is 0 Å². The molecule has 0 rings (SSSR count). The highest BCUT2D eigenvalue weighted by atomic mass is 31.0. The van der Waals surface area contributed by atoms with Gasteiger partial charge in [-0.1, -0.05) is 30.2 Å². The summed E-state index contributed by atoms with van der Waals surface area (Å²) in [4.78, 5) is 0. The van der Waals surface area contributed by atoms with Crippen molar-refractivity contribution in [2.45, 2.75) is 26.1 Å². The molecule has 1 unspecified atom stereocenters. The lowest BCUT2D eigenvalue weighted by Crippen LogP contribution is -2.33. The van der Waals surface area contributed by atoms with Gasteiger partial charge in [-0.2, -0.15) is 0 Å². The molecule has 0 bridgehead atoms. The van der Waals surface area contributed by atoms with E-state index in [0.717, 1.165) is 7.41 Å². The van der Waals surface area contributed by atoms with E-state index in [2.05, 4.69) is 35.6 Å². The van der Waals surface area contributed by atoms with Gasteiger partial charge in [-0.3, -0.25) is 10.1 Å². The van der Waals surface area contributed by atoms with Crippen LogP contribution in [0, 0.1) is 0 Å². The van der Waals surface area contributed by atoms with E-state index in [1.54, 1.807) is 0 Å². The molecule has 0 aromatic rings. The van der Waals surface area contributed by atoms with Gasteiger partial charge in [0.25, 0.3) is 0 Å². The van der Waals surface area contributed by atoms with Crippen LogP contribution < -0.4 is 5.43 Å². The molecule has 0 saturated heterocycles. The van der Waals surface area contributed by atoms with Gasteiger partial charge in [-0.05, 0) is 12.4 Å². The first-order valence-electron chi connectivity index (χ1n) is 3.15. The first-order chi connectivity index (χ1) is 3.95. The average molecular weight is 146 g/mol. The van der Waals surface area contributed by atoms with Crippen LogP contribution in [0.2, 0.25) is 5.31 Å². The molecular weight excluding hydrogens is 130 g/mol. The Kier molecular flexibility index (Phi) is 3.71. The third-order valence-electron chi connectivity index (χ3n) is 0.932. The molecule has 0 radical (unpaired) electrons. The molecule has 0 aliphatic carbocycles. The third-order valence-corrected chi connectivity index (χ3v) is 1.37. The molecule has 4 heteroatoms. The molecule has 0 fully saturated rings. The third kappa shape index (κ3) is 6.30. The first-order valence-corrected chi connectivity index (χ1v) is 3.67. The summed E-state index contributed by atoms with van der Waals surface area (Å²) < 4.78 is 2.00. The molecule has 1 atom stereocenters. The highest BCUT2D eigenvalue weighted by molar-refractivity contribution is 7.16. The summed E-state index contributed by atoms with van der Waals surface area (Å²) in [6.07, 6.45) is 0. The smallest absolute Gasteiger partial charge is 0.234 e. The fourth-order valence-corrected chi connectivity index (χ4v) is 1.14. The Labute approximate surface area is 60.9 Å². The number of rotatable bonds is 2. The SMILES string of the molecule is CNN(P)BC(C)(C)C. The maximum atomic E-state index is 3.02. The fourth-order valence-electron chi connectivity index (χ4n) is 0.590. The molecule has 0 aromatic heterocycles. The summed E-state index contributed by atoms with van der Waals surface area (Å²) in [7, 11) is 5.57. The van der Waals surface area contributed by atoms with E-state index in [-0.39, 0.29) is 0 Å². The van der Waals surface area contributed by atoms with Gasteiger partial charge in [-0.25, -0.2) is 0 Å². The maximum absolute atomic E-state index is 3.02. The van der Waals surface area contributed by atoms with Gasteiger partial charge in [-0.15, -0.1) is 0 Å². The molecule has 0 aromatic carbocycles. The summed E-state index contributed by atoms with van der Waals surface area (Å²) in [6.45, 7) is 6.63. The van der Waals surface area contributed by atoms with Gasteiger partial charge < -0.3 is 0 Å². The predicted molar refractivity (Wildman–Crippen MR) is 47.5 cm³/mol. The minimum atomic E-state index is 0.366. The van der Waals surface area contributed by atoms with Crippen LogP contribution in [0.5, 0.6) is 0 Å². The zero-order valence-corrected chi connectivity index (χ0v) is 7.89. The van der Waals surface area contributed by atoms with Gasteiger partial charge >= 0.3 is 0 Å². The van der Waals surface area contributed by atoms with E-state index in [0.29, 0.717) is 5.31 Å². The summed E-state index contributed by atoms with van der Waals surface area (Å²) in [5, 5.41) is 0.366. The molecule has 0 spiro atoms. The minimum Gasteiger partial charge on any atom is -0.272 e. The normalized spacial score (nSPS) is 12.2. The quantitative estimate of drug-likeness (QED) is 0.351. The largest absolute Gasteiger partial charge is 0.272 e. The second-order valence-electron chi connectivity index (χ2n) is 3.41. The Balaban J connectivity index is 3.47. The zero-order chi connectivity index (χ0) is 7.49. The van der Waals surface area contributed by atoms with Gasteiger partial charge in [0, 0.05) is 0 Å². The van der Waals surface area contributed by atoms with Crippen molar-refractivity contribution in [3.8, 4) is 0 Å². The molecule has 9 heavy (non-hydrogen) atoms. The van der Waals surface area contributed by atoms with Crippen LogP contribution in [0.3, 0.4) is 0 Å². The molecule has 1 N–H and O–H groups in total. The average Bonchev–Trinajstić information content (AvgIpc) is 1.62. The predicted octanol–water partition coefficient (Wildman–Crippen LogP) is 0.783. The highest BCUT2D eigenvalue weighted by Gasteiger charge is 2.14. The van der Waals surface area contributed by atoms with Crippen molar-refractivity contribution in [3.63, 3.8) is 0 Å². The van der Waals surface area contributed by atoms with Gasteiger partial charge in [0.1, 0.15) is 0 Å². The van der Waals surface area contributed by atoms with Crippen molar-refractivity contribution in [2.75, 3.05) is 7.05 Å². The van der Waals surface area contributed by atoms with Gasteiger partial charge in [0.05, 0.1) is 0 Å². The van der Waals surface area contributed by atoms with Crippen molar-refractivity contribution in [2.24, 2.45) is 0 Å². The lowest BCUT2D eigenvalue weighted by Gasteiger charge is -2.23. The van der Waals surface area contributed by atoms with E-state index < -0.39 is 0 Å². The van der Waals surface area contributed by atoms with Crippen LogP contribution in [0.15, 0.2) is 0 Å². The lowest BCUT2D eigenvalue weighted by atomic mass is 9.65. The Bertz CT molecular complexity index is 81.5. The Morgan fingerprint density at radius 1 is 1.44 bits per heavy atom. The molecule has 0 aliphatic heterocycles. The fraction of sp³-hybridized carbons (Fsp3) is 1.00. The molecule has 54 valence electrons. The van der Waals surface area contributed by atoms with Crippen molar-refractivity contribution in [1.29, 1.82) is 0 Å². The molecule has 0 amide bonds. The Morgan fingerprint density at radius 3 is 2.00 bits per heavy atom. The minimum absolute atomic E-state index is 0.366. The number of hydrogen-bond donors (Lipinski definition) is 1. The second-order valence-corrected chi connectivity index (χ2v) is 4.04. The summed E-state index contributed by atoms with van der Waals surface area (Å²) in [6, 6.07) is 0. The van der Waals surface area contributed by atoms with Crippen LogP contribution in [-0.4, -0.2) is 19.2 Å². The number of nitrogens with zero attached hydrogens (tertiary/aromatic N) is 1. The Morgan fingerprint density at radius 2 is 1.89 bits per heavy atom. The number of hydrogen-bond acceptors (Lipinski definition) is 2. The first kappa shape index (κ1) is 9.41. The monoisotopic (exact) mass is 146 g/mol. The second kappa shape index (κ2) is 3.55. The molecule has 0 aliphatic rings. The standard InChI is InChI=1S/C5H16BN2P/c1-5(2,3)6-8(9)7-4/h6-7H,9H2,1-4H3. The van der Waals surface area contributed by atoms with E-state index in [1.165, 1.54) is 0 Å². The molecular formula is C5H16BN2P. The molecule has 0 heterocycles. The Hall–Kier alpha value is 0.415. The summed E-state index contributed by atoms with van der Waals surface area (Å²) in [5.41, 5.74) is 3.02. The van der Waals surface area contributed by atoms with Crippen molar-refractivity contribution >= 4 is 16.8 Å². The number of nitrogens with one attached hydrogen (secondary N) is 1. The van der Waals surface area contributed by atoms with E-state index in [4.69, 9.17) is 0 Å². The van der Waals surface area contributed by atoms with Crippen LogP contribution in [0.1, 0.15) is 20.8 Å². The van der Waals surface area contributed by atoms with Gasteiger partial charge in [0.2, 0.25) is 7.41 Å². The highest BCUT2D eigenvalue weighted by Crippen LogP contribution is 2.21. The van der Waals surface area contributed by atoms with Crippen molar-refractivity contribution in [3.05, 3.63) is 0 Å². The zero-order valence-electron chi connectivity index (χ0n) is 6.73. The lowest BCUT2D eigenvalue weighted by molar-refractivity contribution is 0.549. The van der Waals surface area contributed by atoms with Gasteiger partial charge in [0.15, 0.2) is 0 Å². The maximum Gasteiger partial charge on any atom is 0.234 e. The van der Waals surface area contributed by atoms with Crippen LogP contribution in [-0.2, 0) is 0 Å². The van der Waals surface area contributed by atoms with E-state index >= 15 is 0 Å². The number of hydrazine groups is 1. The van der Waals surface area contributed by atoms with E-state index in [9.17, 15) is 0 Å². The van der Waals surface area contributed by atoms with Crippen LogP contribution >= 0.6 is 9.39 Å². The van der Waals surface area contributed by atoms with Crippen molar-refractivity contribution in [1.82, 2.24) is 10.1 Å². The molecule has 0 saturated carbocycles. The summed E-state index contributed by atoms with van der Waals surface area (Å²) in [5.74, 6) is 0. The van der Waals surface area contributed by atoms with Crippen LogP contribution in [0.4, 0.5) is 0 Å².